The minimum atomic E-state index is -1.08. The van der Waals surface area contributed by atoms with Gasteiger partial charge in [-0.25, -0.2) is 19.7 Å². The van der Waals surface area contributed by atoms with Gasteiger partial charge >= 0.3 is 6.09 Å². The number of nitrogens with zero attached hydrogens (tertiary/aromatic N) is 4. The molecule has 2 aromatic heterocycles. The third-order valence-electron chi connectivity index (χ3n) is 4.38. The Hall–Kier alpha value is -2.77. The minimum Gasteiger partial charge on any atom is -0.465 e. The first-order valence-electron chi connectivity index (χ1n) is 7.85. The molecule has 3 heterocycles. The number of nitrogens with one attached hydrogen (secondary N) is 1. The lowest BCUT2D eigenvalue weighted by Crippen LogP contribution is -2.42. The van der Waals surface area contributed by atoms with Crippen LogP contribution < -0.4 is 10.9 Å². The Labute approximate surface area is 138 Å². The second-order valence-corrected chi connectivity index (χ2v) is 6.23. The highest BCUT2D eigenvalue weighted by Gasteiger charge is 2.34. The highest BCUT2D eigenvalue weighted by molar-refractivity contribution is 5.64. The van der Waals surface area contributed by atoms with Gasteiger partial charge in [-0.2, -0.15) is 0 Å². The molecule has 0 spiro atoms. The molecule has 8 heteroatoms. The molecule has 8 nitrogen and oxygen atoms in total. The zero-order chi connectivity index (χ0) is 17.2. The van der Waals surface area contributed by atoms with Crippen LogP contribution in [0.1, 0.15) is 32.0 Å². The van der Waals surface area contributed by atoms with Crippen molar-refractivity contribution in [2.24, 2.45) is 0 Å². The van der Waals surface area contributed by atoms with Crippen molar-refractivity contribution in [1.82, 2.24) is 24.8 Å². The fraction of sp³-hybridized carbons (Fsp3) is 0.438. The molecule has 1 atom stereocenters. The molecule has 1 aliphatic rings. The Bertz CT molecular complexity index is 805. The second-order valence-electron chi connectivity index (χ2n) is 6.23. The van der Waals surface area contributed by atoms with Crippen LogP contribution in [0.5, 0.6) is 0 Å². The first kappa shape index (κ1) is 16.1. The van der Waals surface area contributed by atoms with Gasteiger partial charge in [-0.1, -0.05) is 13.3 Å². The molecule has 0 fully saturated rings. The Balaban J connectivity index is 2.11. The quantitative estimate of drug-likeness (QED) is 0.881. The van der Waals surface area contributed by atoms with E-state index in [1.165, 1.54) is 12.4 Å². The largest absolute Gasteiger partial charge is 0.465 e. The zero-order valence-electron chi connectivity index (χ0n) is 13.4. The molecule has 0 bridgehead atoms. The van der Waals surface area contributed by atoms with E-state index in [2.05, 4.69) is 20.3 Å². The molecule has 24 heavy (non-hydrogen) atoms. The number of carbonyl (C=O) groups is 1. The van der Waals surface area contributed by atoms with Crippen molar-refractivity contribution in [3.8, 4) is 11.4 Å². The van der Waals surface area contributed by atoms with E-state index in [0.717, 1.165) is 19.3 Å². The summed E-state index contributed by atoms with van der Waals surface area (Å²) in [5.74, 6) is 0.606. The van der Waals surface area contributed by atoms with Gasteiger partial charge in [0.05, 0.1) is 11.4 Å². The van der Waals surface area contributed by atoms with E-state index >= 15 is 0 Å². The van der Waals surface area contributed by atoms with Crippen molar-refractivity contribution in [2.75, 3.05) is 6.54 Å². The smallest absolute Gasteiger partial charge is 0.404 e. The van der Waals surface area contributed by atoms with Crippen LogP contribution in [0.2, 0.25) is 0 Å². The highest BCUT2D eigenvalue weighted by atomic mass is 16.4. The molecule has 2 N–H and O–H groups in total. The zero-order valence-corrected chi connectivity index (χ0v) is 13.4. The normalized spacial score (nSPS) is 20.0. The van der Waals surface area contributed by atoms with Crippen molar-refractivity contribution in [3.63, 3.8) is 0 Å². The van der Waals surface area contributed by atoms with Crippen molar-refractivity contribution >= 4 is 6.09 Å². The molecule has 0 saturated carbocycles. The number of aromatic nitrogens is 4. The molecule has 0 aliphatic carbocycles. The Morgan fingerprint density at radius 3 is 2.96 bits per heavy atom. The third kappa shape index (κ3) is 3.12. The van der Waals surface area contributed by atoms with E-state index in [4.69, 9.17) is 5.11 Å². The fourth-order valence-electron chi connectivity index (χ4n) is 3.09. The maximum Gasteiger partial charge on any atom is 0.404 e. The van der Waals surface area contributed by atoms with Gasteiger partial charge in [0.25, 0.3) is 5.56 Å². The number of hydrogen-bond donors (Lipinski definition) is 2. The Kier molecular flexibility index (Phi) is 4.28. The van der Waals surface area contributed by atoms with Crippen molar-refractivity contribution < 1.29 is 9.90 Å². The standard InChI is InChI=1S/C16H19N5O3/c1-16(9-18-15(23)24)5-2-3-7-21-13(22)8-12(20-14(16)21)11-4-6-17-10-19-11/h4,6,8,10,18H,2-3,5,7,9H2,1H3,(H,23,24). The van der Waals surface area contributed by atoms with E-state index in [1.807, 2.05) is 6.92 Å². The van der Waals surface area contributed by atoms with E-state index in [-0.39, 0.29) is 12.1 Å². The lowest BCUT2D eigenvalue weighted by atomic mass is 9.84. The molecule has 0 radical (unpaired) electrons. The lowest BCUT2D eigenvalue weighted by molar-refractivity contribution is 0.190. The van der Waals surface area contributed by atoms with Crippen LogP contribution >= 0.6 is 0 Å². The summed E-state index contributed by atoms with van der Waals surface area (Å²) >= 11 is 0. The number of amides is 1. The number of carboxylic acid groups (broad SMARTS) is 1. The van der Waals surface area contributed by atoms with Gasteiger partial charge in [0.1, 0.15) is 12.2 Å². The first-order chi connectivity index (χ1) is 11.5. The Morgan fingerprint density at radius 2 is 2.25 bits per heavy atom. The number of hydrogen-bond acceptors (Lipinski definition) is 5. The van der Waals surface area contributed by atoms with Gasteiger partial charge < -0.3 is 10.4 Å². The van der Waals surface area contributed by atoms with E-state index in [0.29, 0.717) is 23.8 Å². The van der Waals surface area contributed by atoms with Gasteiger partial charge in [0.2, 0.25) is 0 Å². The summed E-state index contributed by atoms with van der Waals surface area (Å²) in [5.41, 5.74) is 0.370. The van der Waals surface area contributed by atoms with Crippen molar-refractivity contribution in [1.29, 1.82) is 0 Å². The summed E-state index contributed by atoms with van der Waals surface area (Å²) in [5, 5.41) is 11.4. The molecule has 0 aromatic carbocycles. The Morgan fingerprint density at radius 1 is 1.42 bits per heavy atom. The lowest BCUT2D eigenvalue weighted by Gasteiger charge is -2.29. The molecule has 0 saturated heterocycles. The SMILES string of the molecule is CC1(CNC(=O)O)CCCCn2c1nc(-c1ccncn1)cc2=O. The van der Waals surface area contributed by atoms with Crippen LogP contribution in [0.25, 0.3) is 11.4 Å². The molecule has 1 unspecified atom stereocenters. The van der Waals surface area contributed by atoms with E-state index < -0.39 is 11.5 Å². The van der Waals surface area contributed by atoms with Crippen LogP contribution in [-0.4, -0.2) is 37.3 Å². The monoisotopic (exact) mass is 329 g/mol. The average molecular weight is 329 g/mol. The van der Waals surface area contributed by atoms with Gasteiger partial charge in [0, 0.05) is 30.8 Å². The van der Waals surface area contributed by atoms with Crippen LogP contribution in [0.4, 0.5) is 4.79 Å². The topological polar surface area (TPSA) is 110 Å². The van der Waals surface area contributed by atoms with Crippen molar-refractivity contribution in [2.45, 2.75) is 38.1 Å². The maximum atomic E-state index is 12.6. The molecule has 126 valence electrons. The summed E-state index contributed by atoms with van der Waals surface area (Å²) in [6.45, 7) is 2.74. The van der Waals surface area contributed by atoms with Crippen LogP contribution in [0, 0.1) is 0 Å². The minimum absolute atomic E-state index is 0.142. The van der Waals surface area contributed by atoms with Crippen molar-refractivity contribution in [3.05, 3.63) is 40.8 Å². The second kappa shape index (κ2) is 6.38. The third-order valence-corrected chi connectivity index (χ3v) is 4.38. The summed E-state index contributed by atoms with van der Waals surface area (Å²) < 4.78 is 1.65. The van der Waals surface area contributed by atoms with Crippen LogP contribution in [-0.2, 0) is 12.0 Å². The van der Waals surface area contributed by atoms with Gasteiger partial charge in [-0.05, 0) is 18.9 Å². The van der Waals surface area contributed by atoms with Crippen LogP contribution in [0.15, 0.2) is 29.5 Å². The summed E-state index contributed by atoms with van der Waals surface area (Å²) in [4.78, 5) is 36.2. The first-order valence-corrected chi connectivity index (χ1v) is 7.85. The molecule has 3 rings (SSSR count). The average Bonchev–Trinajstić information content (AvgIpc) is 2.74. The van der Waals surface area contributed by atoms with Gasteiger partial charge in [-0.15, -0.1) is 0 Å². The predicted molar refractivity (Wildman–Crippen MR) is 86.8 cm³/mol. The molecular weight excluding hydrogens is 310 g/mol. The summed E-state index contributed by atoms with van der Waals surface area (Å²) in [6, 6.07) is 3.17. The molecular formula is C16H19N5O3. The molecule has 2 aromatic rings. The number of rotatable bonds is 3. The van der Waals surface area contributed by atoms with Crippen LogP contribution in [0.3, 0.4) is 0 Å². The highest BCUT2D eigenvalue weighted by Crippen LogP contribution is 2.31. The predicted octanol–water partition coefficient (Wildman–Crippen LogP) is 1.41. The molecule has 1 amide bonds. The fourth-order valence-corrected chi connectivity index (χ4v) is 3.09. The molecule has 1 aliphatic heterocycles. The van der Waals surface area contributed by atoms with Gasteiger partial charge in [0.15, 0.2) is 0 Å². The summed E-state index contributed by atoms with van der Waals surface area (Å²) in [6.07, 6.45) is 4.45. The van der Waals surface area contributed by atoms with E-state index in [9.17, 15) is 9.59 Å². The maximum absolute atomic E-state index is 12.6. The van der Waals surface area contributed by atoms with E-state index in [1.54, 1.807) is 16.8 Å². The number of fused-ring (bicyclic) bond motifs is 1. The summed E-state index contributed by atoms with van der Waals surface area (Å²) in [7, 11) is 0. The van der Waals surface area contributed by atoms with Gasteiger partial charge in [-0.3, -0.25) is 9.36 Å².